The van der Waals surface area contributed by atoms with Gasteiger partial charge in [0.25, 0.3) is 0 Å². The minimum atomic E-state index is 0.645. The van der Waals surface area contributed by atoms with E-state index in [0.717, 1.165) is 63.9 Å². The van der Waals surface area contributed by atoms with Crippen LogP contribution in [0.2, 0.25) is 0 Å². The van der Waals surface area contributed by atoms with Crippen LogP contribution in [0.25, 0.3) is 0 Å². The summed E-state index contributed by atoms with van der Waals surface area (Å²) in [6.07, 6.45) is 1.98. The third kappa shape index (κ3) is 4.89. The van der Waals surface area contributed by atoms with Crippen LogP contribution in [0.15, 0.2) is 6.07 Å². The lowest BCUT2D eigenvalue weighted by atomic mass is 10.3. The maximum Gasteiger partial charge on any atom is 0.131 e. The molecule has 0 atom stereocenters. The normalized spacial score (nSPS) is 16.5. The second-order valence-electron chi connectivity index (χ2n) is 4.67. The Bertz CT molecular complexity index is 443. The number of anilines is 1. The highest BCUT2D eigenvalue weighted by Crippen LogP contribution is 2.05. The van der Waals surface area contributed by atoms with Gasteiger partial charge in [-0.3, -0.25) is 4.90 Å². The molecule has 1 aromatic rings. The fourth-order valence-electron chi connectivity index (χ4n) is 2.12. The van der Waals surface area contributed by atoms with Crippen molar-refractivity contribution in [1.29, 1.82) is 0 Å². The second-order valence-corrected chi connectivity index (χ2v) is 5.09. The van der Waals surface area contributed by atoms with Crippen LogP contribution in [0.3, 0.4) is 0 Å². The minimum Gasteiger partial charge on any atom is -0.379 e. The van der Waals surface area contributed by atoms with Crippen LogP contribution in [-0.4, -0.2) is 54.3 Å². The maximum absolute atomic E-state index is 5.33. The Morgan fingerprint density at radius 1 is 1.47 bits per heavy atom. The number of hydrogen-bond acceptors (Lipinski definition) is 5. The maximum atomic E-state index is 5.33. The summed E-state index contributed by atoms with van der Waals surface area (Å²) in [5, 5.41) is 3.38. The number of aromatic amines is 1. The molecule has 0 unspecified atom stereocenters. The average molecular weight is 282 g/mol. The Kier molecular flexibility index (Phi) is 5.75. The van der Waals surface area contributed by atoms with E-state index < -0.39 is 0 Å². The molecule has 0 spiro atoms. The van der Waals surface area contributed by atoms with Crippen molar-refractivity contribution >= 4 is 18.0 Å². The zero-order valence-corrected chi connectivity index (χ0v) is 12.3. The molecule has 6 heteroatoms. The lowest BCUT2D eigenvalue weighted by Crippen LogP contribution is -2.37. The molecule has 0 amide bonds. The molecule has 1 saturated heterocycles. The van der Waals surface area contributed by atoms with Crippen LogP contribution in [0.5, 0.6) is 0 Å². The van der Waals surface area contributed by atoms with E-state index in [4.69, 9.17) is 17.0 Å². The number of aryl methyl sites for hydroxylation is 1. The van der Waals surface area contributed by atoms with Crippen LogP contribution >= 0.6 is 12.2 Å². The smallest absolute Gasteiger partial charge is 0.131 e. The van der Waals surface area contributed by atoms with Gasteiger partial charge in [0.1, 0.15) is 16.3 Å². The van der Waals surface area contributed by atoms with Crippen molar-refractivity contribution in [2.24, 2.45) is 0 Å². The predicted molar refractivity (Wildman–Crippen MR) is 79.2 cm³/mol. The molecule has 0 bridgehead atoms. The summed E-state index contributed by atoms with van der Waals surface area (Å²) in [6, 6.07) is 1.88. The molecule has 1 aliphatic heterocycles. The average Bonchev–Trinajstić information content (AvgIpc) is 2.44. The van der Waals surface area contributed by atoms with E-state index >= 15 is 0 Å². The number of ether oxygens (including phenoxy) is 1. The summed E-state index contributed by atoms with van der Waals surface area (Å²) in [5.41, 5.74) is 0. The Balaban J connectivity index is 1.73. The Morgan fingerprint density at radius 2 is 2.26 bits per heavy atom. The quantitative estimate of drug-likeness (QED) is 0.616. The topological polar surface area (TPSA) is 53.2 Å². The fraction of sp³-hybridized carbons (Fsp3) is 0.692. The van der Waals surface area contributed by atoms with Crippen molar-refractivity contribution < 1.29 is 4.74 Å². The van der Waals surface area contributed by atoms with Gasteiger partial charge in [0.2, 0.25) is 0 Å². The summed E-state index contributed by atoms with van der Waals surface area (Å²) < 4.78 is 5.98. The predicted octanol–water partition coefficient (Wildman–Crippen LogP) is 1.84. The van der Waals surface area contributed by atoms with E-state index in [9.17, 15) is 0 Å². The Labute approximate surface area is 119 Å². The van der Waals surface area contributed by atoms with Crippen LogP contribution in [0, 0.1) is 4.64 Å². The fourth-order valence-corrected chi connectivity index (χ4v) is 2.35. The molecule has 2 rings (SSSR count). The van der Waals surface area contributed by atoms with Gasteiger partial charge in [-0.1, -0.05) is 19.1 Å². The standard InChI is InChI=1S/C13H22N4OS/c1-2-11-15-12(10-13(19)16-11)14-4-3-5-17-6-8-18-9-7-17/h10H,2-9H2,1H3,(H2,14,15,16,19). The van der Waals surface area contributed by atoms with Gasteiger partial charge in [0, 0.05) is 32.1 Å². The highest BCUT2D eigenvalue weighted by molar-refractivity contribution is 7.71. The monoisotopic (exact) mass is 282 g/mol. The first-order chi connectivity index (χ1) is 9.28. The van der Waals surface area contributed by atoms with Crippen molar-refractivity contribution in [3.8, 4) is 0 Å². The molecule has 19 heavy (non-hydrogen) atoms. The van der Waals surface area contributed by atoms with Crippen LogP contribution in [0.4, 0.5) is 5.82 Å². The highest BCUT2D eigenvalue weighted by Gasteiger charge is 2.08. The third-order valence-corrected chi connectivity index (χ3v) is 3.41. The molecule has 2 N–H and O–H groups in total. The Morgan fingerprint density at radius 3 is 3.00 bits per heavy atom. The van der Waals surface area contributed by atoms with Gasteiger partial charge in [-0.15, -0.1) is 0 Å². The zero-order valence-electron chi connectivity index (χ0n) is 11.4. The number of nitrogens with zero attached hydrogens (tertiary/aromatic N) is 2. The molecule has 5 nitrogen and oxygen atoms in total. The molecule has 1 aromatic heterocycles. The van der Waals surface area contributed by atoms with Crippen molar-refractivity contribution in [3.63, 3.8) is 0 Å². The molecule has 2 heterocycles. The Hall–Kier alpha value is -0.980. The highest BCUT2D eigenvalue weighted by atomic mass is 32.1. The molecular formula is C13H22N4OS. The van der Waals surface area contributed by atoms with Gasteiger partial charge in [-0.2, -0.15) is 0 Å². The second kappa shape index (κ2) is 7.57. The van der Waals surface area contributed by atoms with Crippen molar-refractivity contribution in [3.05, 3.63) is 16.5 Å². The van der Waals surface area contributed by atoms with Crippen molar-refractivity contribution in [2.75, 3.05) is 44.7 Å². The van der Waals surface area contributed by atoms with Gasteiger partial charge in [0.05, 0.1) is 13.2 Å². The van der Waals surface area contributed by atoms with E-state index in [1.54, 1.807) is 0 Å². The van der Waals surface area contributed by atoms with E-state index in [1.165, 1.54) is 0 Å². The molecule has 1 aliphatic rings. The van der Waals surface area contributed by atoms with Gasteiger partial charge < -0.3 is 15.0 Å². The molecule has 106 valence electrons. The third-order valence-electron chi connectivity index (χ3n) is 3.20. The molecule has 0 saturated carbocycles. The molecular weight excluding hydrogens is 260 g/mol. The van der Waals surface area contributed by atoms with E-state index in [-0.39, 0.29) is 0 Å². The molecule has 1 fully saturated rings. The molecule has 0 aromatic carbocycles. The van der Waals surface area contributed by atoms with Crippen LogP contribution < -0.4 is 5.32 Å². The summed E-state index contributed by atoms with van der Waals surface area (Å²) in [6.45, 7) is 7.96. The minimum absolute atomic E-state index is 0.645. The van der Waals surface area contributed by atoms with Gasteiger partial charge >= 0.3 is 0 Å². The molecule has 0 aliphatic carbocycles. The summed E-state index contributed by atoms with van der Waals surface area (Å²) >= 11 is 5.14. The van der Waals surface area contributed by atoms with Crippen LogP contribution in [-0.2, 0) is 11.2 Å². The number of hydrogen-bond donors (Lipinski definition) is 2. The largest absolute Gasteiger partial charge is 0.379 e. The summed E-state index contributed by atoms with van der Waals surface area (Å²) in [4.78, 5) is 9.94. The van der Waals surface area contributed by atoms with E-state index in [2.05, 4.69) is 27.1 Å². The number of morpholine rings is 1. The van der Waals surface area contributed by atoms with E-state index in [1.807, 2.05) is 6.07 Å². The first-order valence-electron chi connectivity index (χ1n) is 6.92. The number of aromatic nitrogens is 2. The lowest BCUT2D eigenvalue weighted by Gasteiger charge is -2.26. The van der Waals surface area contributed by atoms with Crippen LogP contribution in [0.1, 0.15) is 19.2 Å². The zero-order chi connectivity index (χ0) is 13.5. The first-order valence-corrected chi connectivity index (χ1v) is 7.33. The number of nitrogens with one attached hydrogen (secondary N) is 2. The molecule has 0 radical (unpaired) electrons. The number of rotatable bonds is 6. The van der Waals surface area contributed by atoms with E-state index in [0.29, 0.717) is 4.64 Å². The summed E-state index contributed by atoms with van der Waals surface area (Å²) in [5.74, 6) is 1.90. The first kappa shape index (κ1) is 14.4. The lowest BCUT2D eigenvalue weighted by molar-refractivity contribution is 0.0378. The van der Waals surface area contributed by atoms with Gasteiger partial charge in [-0.25, -0.2) is 4.98 Å². The van der Waals surface area contributed by atoms with Gasteiger partial charge in [0.15, 0.2) is 0 Å². The van der Waals surface area contributed by atoms with Crippen molar-refractivity contribution in [2.45, 2.75) is 19.8 Å². The van der Waals surface area contributed by atoms with Crippen molar-refractivity contribution in [1.82, 2.24) is 14.9 Å². The number of H-pyrrole nitrogens is 1. The SMILES string of the molecule is CCc1nc(=S)cc(NCCCN2CCOCC2)[nH]1. The summed E-state index contributed by atoms with van der Waals surface area (Å²) in [7, 11) is 0. The van der Waals surface area contributed by atoms with Gasteiger partial charge in [-0.05, 0) is 13.0 Å².